The van der Waals surface area contributed by atoms with Crippen molar-refractivity contribution in [2.45, 2.75) is 42.4 Å². The third-order valence-corrected chi connectivity index (χ3v) is 7.51. The number of amides is 1. The number of oxime groups is 2. The van der Waals surface area contributed by atoms with E-state index in [1.807, 2.05) is 0 Å². The first-order valence-corrected chi connectivity index (χ1v) is 11.9. The molecule has 4 rings (SSSR count). The summed E-state index contributed by atoms with van der Waals surface area (Å²) >= 11 is 0. The SMILES string of the molecule is C/C(=N\O)c1cnc(NC(=O)/C(=N/O[C@@H]2CCOC2)c2ccc(S(=O)(=O)C3CC3)cc2)cn1. The van der Waals surface area contributed by atoms with Crippen LogP contribution in [0.15, 0.2) is 51.9 Å². The lowest BCUT2D eigenvalue weighted by molar-refractivity contribution is -0.110. The predicted molar refractivity (Wildman–Crippen MR) is 118 cm³/mol. The van der Waals surface area contributed by atoms with Crippen LogP contribution < -0.4 is 5.32 Å². The highest BCUT2D eigenvalue weighted by atomic mass is 32.2. The molecule has 1 saturated carbocycles. The molecule has 2 heterocycles. The summed E-state index contributed by atoms with van der Waals surface area (Å²) in [5, 5.41) is 18.2. The standard InChI is InChI=1S/C21H23N5O6S/c1-13(25-28)18-10-23-19(11-22-18)24-21(27)20(26-32-15-8-9-31-12-15)14-2-4-16(5-3-14)33(29,30)17-6-7-17/h2-5,10-11,15,17,28H,6-9,12H2,1H3,(H,23,24,27)/b25-13+,26-20+/t15-/m1/s1. The number of hydrogen-bond donors (Lipinski definition) is 2. The molecule has 11 nitrogen and oxygen atoms in total. The molecular formula is C21H23N5O6S. The Morgan fingerprint density at radius 3 is 2.52 bits per heavy atom. The zero-order valence-electron chi connectivity index (χ0n) is 17.8. The van der Waals surface area contributed by atoms with E-state index in [-0.39, 0.29) is 33.5 Å². The Balaban J connectivity index is 1.56. The van der Waals surface area contributed by atoms with Gasteiger partial charge in [-0.1, -0.05) is 22.4 Å². The highest BCUT2D eigenvalue weighted by molar-refractivity contribution is 7.92. The summed E-state index contributed by atoms with van der Waals surface area (Å²) in [7, 11) is -3.35. The van der Waals surface area contributed by atoms with Crippen LogP contribution in [0.1, 0.15) is 37.4 Å². The van der Waals surface area contributed by atoms with Gasteiger partial charge in [-0.2, -0.15) is 0 Å². The summed E-state index contributed by atoms with van der Waals surface area (Å²) < 4.78 is 30.2. The molecular weight excluding hydrogens is 450 g/mol. The number of carbonyl (C=O) groups excluding carboxylic acids is 1. The number of aromatic nitrogens is 2. The molecule has 1 atom stereocenters. The molecule has 12 heteroatoms. The van der Waals surface area contributed by atoms with Crippen LogP contribution in [-0.2, 0) is 24.2 Å². The lowest BCUT2D eigenvalue weighted by Crippen LogP contribution is -2.26. The summed E-state index contributed by atoms with van der Waals surface area (Å²) in [4.78, 5) is 26.9. The number of sulfone groups is 1. The van der Waals surface area contributed by atoms with Crippen molar-refractivity contribution in [3.05, 3.63) is 47.9 Å². The smallest absolute Gasteiger partial charge is 0.279 e. The van der Waals surface area contributed by atoms with E-state index in [0.29, 0.717) is 43.7 Å². The number of hydrogen-bond acceptors (Lipinski definition) is 10. The number of ether oxygens (including phenoxy) is 1. The van der Waals surface area contributed by atoms with Gasteiger partial charge in [0.1, 0.15) is 11.4 Å². The lowest BCUT2D eigenvalue weighted by atomic mass is 10.1. The number of rotatable bonds is 8. The van der Waals surface area contributed by atoms with Crippen LogP contribution in [-0.4, -0.2) is 65.5 Å². The van der Waals surface area contributed by atoms with Crippen molar-refractivity contribution < 1.29 is 28.0 Å². The van der Waals surface area contributed by atoms with E-state index in [4.69, 9.17) is 14.8 Å². The van der Waals surface area contributed by atoms with Gasteiger partial charge in [0.05, 0.1) is 35.8 Å². The first kappa shape index (κ1) is 22.8. The van der Waals surface area contributed by atoms with Gasteiger partial charge in [-0.15, -0.1) is 0 Å². The second-order valence-electron chi connectivity index (χ2n) is 7.73. The van der Waals surface area contributed by atoms with Crippen LogP contribution in [0, 0.1) is 0 Å². The van der Waals surface area contributed by atoms with Gasteiger partial charge in [0.25, 0.3) is 5.91 Å². The van der Waals surface area contributed by atoms with E-state index in [9.17, 15) is 13.2 Å². The molecule has 2 aromatic rings. The predicted octanol–water partition coefficient (Wildman–Crippen LogP) is 1.76. The Bertz CT molecular complexity index is 1170. The summed E-state index contributed by atoms with van der Waals surface area (Å²) in [6.07, 6.45) is 4.37. The molecule has 1 aromatic heterocycles. The van der Waals surface area contributed by atoms with Crippen LogP contribution in [0.5, 0.6) is 0 Å². The van der Waals surface area contributed by atoms with E-state index in [1.54, 1.807) is 6.92 Å². The molecule has 0 spiro atoms. The third-order valence-electron chi connectivity index (χ3n) is 5.23. The van der Waals surface area contributed by atoms with Crippen LogP contribution in [0.25, 0.3) is 0 Å². The normalized spacial score (nSPS) is 19.4. The van der Waals surface area contributed by atoms with E-state index < -0.39 is 15.7 Å². The lowest BCUT2D eigenvalue weighted by Gasteiger charge is -2.11. The highest BCUT2D eigenvalue weighted by Crippen LogP contribution is 2.33. The van der Waals surface area contributed by atoms with E-state index in [1.165, 1.54) is 36.7 Å². The number of carbonyl (C=O) groups is 1. The van der Waals surface area contributed by atoms with Gasteiger partial charge in [-0.05, 0) is 31.9 Å². The van der Waals surface area contributed by atoms with Gasteiger partial charge >= 0.3 is 0 Å². The van der Waals surface area contributed by atoms with Gasteiger partial charge in [0, 0.05) is 12.0 Å². The van der Waals surface area contributed by atoms with Gasteiger partial charge in [-0.3, -0.25) is 4.79 Å². The van der Waals surface area contributed by atoms with Crippen molar-refractivity contribution >= 4 is 33.0 Å². The Kier molecular flexibility index (Phi) is 6.65. The van der Waals surface area contributed by atoms with Crippen LogP contribution in [0.3, 0.4) is 0 Å². The maximum absolute atomic E-state index is 13.0. The first-order chi connectivity index (χ1) is 15.9. The van der Waals surface area contributed by atoms with E-state index >= 15 is 0 Å². The largest absolute Gasteiger partial charge is 0.411 e. The van der Waals surface area contributed by atoms with Crippen molar-refractivity contribution in [2.24, 2.45) is 10.3 Å². The third kappa shape index (κ3) is 5.34. The topological polar surface area (TPSA) is 152 Å². The van der Waals surface area contributed by atoms with Gasteiger partial charge in [0.2, 0.25) is 0 Å². The molecule has 0 unspecified atom stereocenters. The Morgan fingerprint density at radius 1 is 1.18 bits per heavy atom. The van der Waals surface area contributed by atoms with Crippen LogP contribution in [0.4, 0.5) is 5.82 Å². The molecule has 1 amide bonds. The first-order valence-electron chi connectivity index (χ1n) is 10.4. The van der Waals surface area contributed by atoms with Gasteiger partial charge in [-0.25, -0.2) is 18.4 Å². The average Bonchev–Trinajstić information content (AvgIpc) is 3.57. The number of benzene rings is 1. The second-order valence-corrected chi connectivity index (χ2v) is 9.95. The zero-order valence-corrected chi connectivity index (χ0v) is 18.7. The van der Waals surface area contributed by atoms with Crippen molar-refractivity contribution in [3.63, 3.8) is 0 Å². The summed E-state index contributed by atoms with van der Waals surface area (Å²) in [6.45, 7) is 2.48. The van der Waals surface area contributed by atoms with Crippen molar-refractivity contribution in [3.8, 4) is 0 Å². The van der Waals surface area contributed by atoms with Crippen LogP contribution >= 0.6 is 0 Å². The Labute approximate surface area is 190 Å². The number of anilines is 1. The molecule has 2 N–H and O–H groups in total. The Hall–Kier alpha value is -3.38. The number of nitrogens with one attached hydrogen (secondary N) is 1. The molecule has 0 radical (unpaired) electrons. The molecule has 33 heavy (non-hydrogen) atoms. The monoisotopic (exact) mass is 473 g/mol. The van der Waals surface area contributed by atoms with Crippen molar-refractivity contribution in [1.29, 1.82) is 0 Å². The highest BCUT2D eigenvalue weighted by Gasteiger charge is 2.36. The summed E-state index contributed by atoms with van der Waals surface area (Å²) in [6, 6.07) is 5.99. The fraction of sp³-hybridized carbons (Fsp3) is 0.381. The fourth-order valence-corrected chi connectivity index (χ4v) is 4.78. The molecule has 0 bridgehead atoms. The molecule has 174 valence electrons. The Morgan fingerprint density at radius 2 is 1.94 bits per heavy atom. The van der Waals surface area contributed by atoms with E-state index in [0.717, 1.165) is 0 Å². The molecule has 2 aliphatic rings. The maximum Gasteiger partial charge on any atom is 0.279 e. The average molecular weight is 474 g/mol. The molecule has 1 aliphatic heterocycles. The molecule has 1 aliphatic carbocycles. The van der Waals surface area contributed by atoms with Crippen molar-refractivity contribution in [1.82, 2.24) is 9.97 Å². The fourth-order valence-electron chi connectivity index (χ4n) is 3.13. The number of nitrogens with zero attached hydrogens (tertiary/aromatic N) is 4. The maximum atomic E-state index is 13.0. The molecule has 1 aromatic carbocycles. The quantitative estimate of drug-likeness (QED) is 0.334. The van der Waals surface area contributed by atoms with Crippen molar-refractivity contribution in [2.75, 3.05) is 18.5 Å². The van der Waals surface area contributed by atoms with Crippen LogP contribution in [0.2, 0.25) is 0 Å². The molecule has 2 fully saturated rings. The summed E-state index contributed by atoms with van der Waals surface area (Å²) in [5.41, 5.74) is 0.961. The molecule has 1 saturated heterocycles. The minimum absolute atomic E-state index is 0.0451. The van der Waals surface area contributed by atoms with Gasteiger partial charge < -0.3 is 20.1 Å². The zero-order chi connectivity index (χ0) is 23.4. The minimum Gasteiger partial charge on any atom is -0.411 e. The van der Waals surface area contributed by atoms with Gasteiger partial charge in [0.15, 0.2) is 27.5 Å². The second kappa shape index (κ2) is 9.63. The van der Waals surface area contributed by atoms with E-state index in [2.05, 4.69) is 25.6 Å². The minimum atomic E-state index is -3.35. The summed E-state index contributed by atoms with van der Waals surface area (Å²) in [5.74, 6) is -0.458.